The van der Waals surface area contributed by atoms with Gasteiger partial charge in [0.2, 0.25) is 5.41 Å². The second kappa shape index (κ2) is 2.73. The highest BCUT2D eigenvalue weighted by Crippen LogP contribution is 2.37. The van der Waals surface area contributed by atoms with Crippen LogP contribution in [0.3, 0.4) is 0 Å². The van der Waals surface area contributed by atoms with Crippen molar-refractivity contribution in [3.8, 4) is 0 Å². The molecule has 13 heavy (non-hydrogen) atoms. The summed E-state index contributed by atoms with van der Waals surface area (Å²) in [7, 11) is 0. The van der Waals surface area contributed by atoms with Gasteiger partial charge in [-0.05, 0) is 19.4 Å². The molecule has 1 aliphatic carbocycles. The lowest BCUT2D eigenvalue weighted by Crippen LogP contribution is -2.37. The molecule has 0 amide bonds. The molecule has 2 N–H and O–H groups in total. The normalized spacial score (nSPS) is 19.2. The lowest BCUT2D eigenvalue weighted by atomic mass is 9.83. The molecule has 0 saturated carbocycles. The Hall–Kier alpha value is -1.58. The number of carboxylic acids is 2. The van der Waals surface area contributed by atoms with Crippen LogP contribution in [0.25, 0.3) is 0 Å². The molecule has 4 heteroatoms. The Morgan fingerprint density at radius 2 is 1.69 bits per heavy atom. The SMILES string of the molecule is CC1=C(C)C(C(=O)O)(C(=O)O)C=C1. The van der Waals surface area contributed by atoms with E-state index in [2.05, 4.69) is 0 Å². The topological polar surface area (TPSA) is 74.6 Å². The van der Waals surface area contributed by atoms with Gasteiger partial charge in [-0.1, -0.05) is 17.7 Å². The highest BCUT2D eigenvalue weighted by Gasteiger charge is 2.48. The predicted octanol–water partition coefficient (Wildman–Crippen LogP) is 1.05. The summed E-state index contributed by atoms with van der Waals surface area (Å²) < 4.78 is 0. The lowest BCUT2D eigenvalue weighted by Gasteiger charge is -2.18. The smallest absolute Gasteiger partial charge is 0.329 e. The molecular weight excluding hydrogens is 172 g/mol. The Balaban J connectivity index is 3.33. The fourth-order valence-electron chi connectivity index (χ4n) is 1.37. The van der Waals surface area contributed by atoms with Gasteiger partial charge in [-0.2, -0.15) is 0 Å². The van der Waals surface area contributed by atoms with Gasteiger partial charge in [0, 0.05) is 0 Å². The molecule has 0 bridgehead atoms. The first-order valence-electron chi connectivity index (χ1n) is 3.77. The summed E-state index contributed by atoms with van der Waals surface area (Å²) in [6.07, 6.45) is 2.74. The van der Waals surface area contributed by atoms with Crippen molar-refractivity contribution < 1.29 is 19.8 Å². The lowest BCUT2D eigenvalue weighted by molar-refractivity contribution is -0.157. The van der Waals surface area contributed by atoms with Gasteiger partial charge in [-0.3, -0.25) is 9.59 Å². The summed E-state index contributed by atoms with van der Waals surface area (Å²) in [4.78, 5) is 21.7. The molecule has 0 atom stereocenters. The van der Waals surface area contributed by atoms with Crippen LogP contribution in [0.2, 0.25) is 0 Å². The fourth-order valence-corrected chi connectivity index (χ4v) is 1.37. The molecule has 0 spiro atoms. The van der Waals surface area contributed by atoms with Crippen LogP contribution in [0.4, 0.5) is 0 Å². The van der Waals surface area contributed by atoms with E-state index in [0.29, 0.717) is 11.1 Å². The monoisotopic (exact) mass is 182 g/mol. The van der Waals surface area contributed by atoms with Crippen molar-refractivity contribution in [2.45, 2.75) is 13.8 Å². The maximum atomic E-state index is 10.9. The number of hydrogen-bond donors (Lipinski definition) is 2. The molecule has 4 nitrogen and oxygen atoms in total. The van der Waals surface area contributed by atoms with Crippen molar-refractivity contribution in [3.05, 3.63) is 23.3 Å². The summed E-state index contributed by atoms with van der Waals surface area (Å²) in [5.74, 6) is -2.68. The fraction of sp³-hybridized carbons (Fsp3) is 0.333. The summed E-state index contributed by atoms with van der Waals surface area (Å²) in [5.41, 5.74) is -0.776. The minimum Gasteiger partial charge on any atom is -0.480 e. The zero-order chi connectivity index (χ0) is 10.2. The van der Waals surface area contributed by atoms with Crippen molar-refractivity contribution in [3.63, 3.8) is 0 Å². The molecule has 0 aromatic carbocycles. The first-order chi connectivity index (χ1) is 5.93. The van der Waals surface area contributed by atoms with Crippen LogP contribution in [-0.2, 0) is 9.59 Å². The van der Waals surface area contributed by atoms with Gasteiger partial charge < -0.3 is 10.2 Å². The van der Waals surface area contributed by atoms with Gasteiger partial charge >= 0.3 is 11.9 Å². The Bertz CT molecular complexity index is 322. The zero-order valence-electron chi connectivity index (χ0n) is 7.37. The van der Waals surface area contributed by atoms with Crippen LogP contribution >= 0.6 is 0 Å². The third-order valence-electron chi connectivity index (χ3n) is 2.44. The molecule has 0 saturated heterocycles. The van der Waals surface area contributed by atoms with Crippen molar-refractivity contribution in [1.82, 2.24) is 0 Å². The number of carboxylic acid groups (broad SMARTS) is 2. The van der Waals surface area contributed by atoms with E-state index in [0.717, 1.165) is 0 Å². The number of rotatable bonds is 2. The molecular formula is C9H10O4. The summed E-state index contributed by atoms with van der Waals surface area (Å²) in [6, 6.07) is 0. The largest absolute Gasteiger partial charge is 0.480 e. The zero-order valence-corrected chi connectivity index (χ0v) is 7.37. The minimum atomic E-state index is -1.84. The van der Waals surface area contributed by atoms with E-state index in [9.17, 15) is 9.59 Å². The molecule has 0 unspecified atom stereocenters. The number of allylic oxidation sites excluding steroid dienone is 2. The second-order valence-corrected chi connectivity index (χ2v) is 3.06. The van der Waals surface area contributed by atoms with Gasteiger partial charge in [-0.25, -0.2) is 0 Å². The maximum Gasteiger partial charge on any atom is 0.329 e. The second-order valence-electron chi connectivity index (χ2n) is 3.06. The third-order valence-corrected chi connectivity index (χ3v) is 2.44. The summed E-state index contributed by atoms with van der Waals surface area (Å²) in [5, 5.41) is 17.7. The molecule has 0 aromatic heterocycles. The van der Waals surface area contributed by atoms with Gasteiger partial charge in [0.1, 0.15) is 0 Å². The highest BCUT2D eigenvalue weighted by molar-refractivity contribution is 6.05. The highest BCUT2D eigenvalue weighted by atomic mass is 16.4. The molecule has 0 radical (unpaired) electrons. The minimum absolute atomic E-state index is 0.368. The summed E-state index contributed by atoms with van der Waals surface area (Å²) in [6.45, 7) is 3.22. The molecule has 0 fully saturated rings. The van der Waals surface area contributed by atoms with Crippen LogP contribution in [0.5, 0.6) is 0 Å². The van der Waals surface area contributed by atoms with Crippen LogP contribution in [0.1, 0.15) is 13.8 Å². The van der Waals surface area contributed by atoms with E-state index in [4.69, 9.17) is 10.2 Å². The van der Waals surface area contributed by atoms with Crippen LogP contribution in [0, 0.1) is 5.41 Å². The third kappa shape index (κ3) is 1.06. The van der Waals surface area contributed by atoms with Gasteiger partial charge in [-0.15, -0.1) is 0 Å². The Morgan fingerprint density at radius 3 is 1.85 bits per heavy atom. The Morgan fingerprint density at radius 1 is 1.23 bits per heavy atom. The van der Waals surface area contributed by atoms with Crippen LogP contribution < -0.4 is 0 Å². The molecule has 0 heterocycles. The van der Waals surface area contributed by atoms with Crippen LogP contribution in [-0.4, -0.2) is 22.2 Å². The average molecular weight is 182 g/mol. The standard InChI is InChI=1S/C9H10O4/c1-5-3-4-9(6(5)2,7(10)11)8(12)13/h3-4H,1-2H3,(H,10,11)(H,12,13). The molecule has 0 aromatic rings. The average Bonchev–Trinajstić information content (AvgIpc) is 2.30. The van der Waals surface area contributed by atoms with E-state index in [-0.39, 0.29) is 0 Å². The maximum absolute atomic E-state index is 10.9. The number of hydrogen-bond acceptors (Lipinski definition) is 2. The molecule has 70 valence electrons. The molecule has 0 aliphatic heterocycles. The van der Waals surface area contributed by atoms with E-state index < -0.39 is 17.4 Å². The van der Waals surface area contributed by atoms with E-state index >= 15 is 0 Å². The van der Waals surface area contributed by atoms with Gasteiger partial charge in [0.05, 0.1) is 0 Å². The van der Waals surface area contributed by atoms with Crippen molar-refractivity contribution in [1.29, 1.82) is 0 Å². The summed E-state index contributed by atoms with van der Waals surface area (Å²) >= 11 is 0. The molecule has 1 aliphatic rings. The van der Waals surface area contributed by atoms with Crippen molar-refractivity contribution in [2.24, 2.45) is 5.41 Å². The predicted molar refractivity (Wildman–Crippen MR) is 45.2 cm³/mol. The van der Waals surface area contributed by atoms with E-state index in [1.165, 1.54) is 19.1 Å². The quantitative estimate of drug-likeness (QED) is 0.626. The number of aliphatic carboxylic acids is 2. The van der Waals surface area contributed by atoms with E-state index in [1.807, 2.05) is 0 Å². The number of carbonyl (C=O) groups is 2. The van der Waals surface area contributed by atoms with E-state index in [1.54, 1.807) is 6.92 Å². The Kier molecular flexibility index (Phi) is 1.99. The van der Waals surface area contributed by atoms with Crippen molar-refractivity contribution >= 4 is 11.9 Å². The first kappa shape index (κ1) is 9.51. The van der Waals surface area contributed by atoms with Gasteiger partial charge in [0.15, 0.2) is 0 Å². The van der Waals surface area contributed by atoms with Crippen molar-refractivity contribution in [2.75, 3.05) is 0 Å². The van der Waals surface area contributed by atoms with Crippen LogP contribution in [0.15, 0.2) is 23.3 Å². The first-order valence-corrected chi connectivity index (χ1v) is 3.77. The molecule has 1 rings (SSSR count). The Labute approximate surface area is 75.2 Å². The van der Waals surface area contributed by atoms with Gasteiger partial charge in [0.25, 0.3) is 0 Å².